The number of carbonyl (C=O) groups is 1. The largest absolute Gasteiger partial charge is 0.398 e. The van der Waals surface area contributed by atoms with E-state index in [2.05, 4.69) is 0 Å². The topological polar surface area (TPSA) is 43.1 Å². The summed E-state index contributed by atoms with van der Waals surface area (Å²) in [4.78, 5) is 12.2. The highest BCUT2D eigenvalue weighted by molar-refractivity contribution is 6.33. The Balaban J connectivity index is 2.41. The fraction of sp³-hybridized carbons (Fsp3) is 0.0714. The molecular formula is C14H11ClFNO. The summed E-state index contributed by atoms with van der Waals surface area (Å²) in [6, 6.07) is 8.93. The van der Waals surface area contributed by atoms with Crippen LogP contribution in [0.15, 0.2) is 36.4 Å². The summed E-state index contributed by atoms with van der Waals surface area (Å²) in [5.74, 6) is -0.540. The first-order valence-electron chi connectivity index (χ1n) is 5.35. The predicted octanol–water partition coefficient (Wildman–Crippen LogP) is 3.60. The number of halogens is 2. The maximum Gasteiger partial charge on any atom is 0.193 e. The zero-order valence-electron chi connectivity index (χ0n) is 9.71. The molecule has 4 heteroatoms. The Kier molecular flexibility index (Phi) is 3.34. The molecule has 0 heterocycles. The van der Waals surface area contributed by atoms with E-state index >= 15 is 0 Å². The summed E-state index contributed by atoms with van der Waals surface area (Å²) in [5.41, 5.74) is 7.29. The van der Waals surface area contributed by atoms with Gasteiger partial charge in [-0.3, -0.25) is 4.79 Å². The van der Waals surface area contributed by atoms with Gasteiger partial charge in [0.1, 0.15) is 5.82 Å². The minimum absolute atomic E-state index is 0.208. The number of aryl methyl sites for hydroxylation is 1. The van der Waals surface area contributed by atoms with Crippen molar-refractivity contribution in [1.82, 2.24) is 0 Å². The summed E-state index contributed by atoms with van der Waals surface area (Å²) in [7, 11) is 0. The van der Waals surface area contributed by atoms with E-state index in [9.17, 15) is 9.18 Å². The van der Waals surface area contributed by atoms with Crippen molar-refractivity contribution in [2.75, 3.05) is 5.73 Å². The van der Waals surface area contributed by atoms with Gasteiger partial charge in [0.15, 0.2) is 5.78 Å². The van der Waals surface area contributed by atoms with Gasteiger partial charge in [0, 0.05) is 11.1 Å². The standard InChI is InChI=1S/C14H11ClFNO/c1-8-6-9(2-4-12(8)16)14(18)10-3-5-13(17)11(15)7-10/h2-7H,17H2,1H3. The predicted molar refractivity (Wildman–Crippen MR) is 70.4 cm³/mol. The van der Waals surface area contributed by atoms with Gasteiger partial charge in [0.2, 0.25) is 0 Å². The van der Waals surface area contributed by atoms with Gasteiger partial charge in [-0.15, -0.1) is 0 Å². The van der Waals surface area contributed by atoms with E-state index in [-0.39, 0.29) is 11.6 Å². The lowest BCUT2D eigenvalue weighted by atomic mass is 10.0. The van der Waals surface area contributed by atoms with Gasteiger partial charge in [0.25, 0.3) is 0 Å². The van der Waals surface area contributed by atoms with Gasteiger partial charge >= 0.3 is 0 Å². The van der Waals surface area contributed by atoms with Gasteiger partial charge in [-0.1, -0.05) is 11.6 Å². The molecule has 0 aromatic heterocycles. The van der Waals surface area contributed by atoms with Crippen LogP contribution in [-0.4, -0.2) is 5.78 Å². The fourth-order valence-electron chi connectivity index (χ4n) is 1.62. The highest BCUT2D eigenvalue weighted by atomic mass is 35.5. The third-order valence-corrected chi connectivity index (χ3v) is 3.01. The highest BCUT2D eigenvalue weighted by Crippen LogP contribution is 2.22. The quantitative estimate of drug-likeness (QED) is 0.664. The minimum atomic E-state index is -0.332. The second-order valence-corrected chi connectivity index (χ2v) is 4.44. The lowest BCUT2D eigenvalue weighted by Crippen LogP contribution is -2.03. The first-order valence-corrected chi connectivity index (χ1v) is 5.72. The number of ketones is 1. The monoisotopic (exact) mass is 263 g/mol. The summed E-state index contributed by atoms with van der Waals surface area (Å²) in [6.45, 7) is 1.61. The van der Waals surface area contributed by atoms with Crippen molar-refractivity contribution >= 4 is 23.1 Å². The van der Waals surface area contributed by atoms with Crippen LogP contribution in [0.3, 0.4) is 0 Å². The molecule has 0 bridgehead atoms. The molecule has 0 aliphatic heterocycles. The van der Waals surface area contributed by atoms with E-state index in [1.165, 1.54) is 24.3 Å². The zero-order chi connectivity index (χ0) is 13.3. The van der Waals surface area contributed by atoms with Gasteiger partial charge in [0.05, 0.1) is 10.7 Å². The normalized spacial score (nSPS) is 10.4. The molecule has 2 aromatic carbocycles. The van der Waals surface area contributed by atoms with Gasteiger partial charge in [-0.2, -0.15) is 0 Å². The van der Waals surface area contributed by atoms with Crippen LogP contribution >= 0.6 is 11.6 Å². The van der Waals surface area contributed by atoms with Crippen LogP contribution in [0.4, 0.5) is 10.1 Å². The molecule has 0 atom stereocenters. The lowest BCUT2D eigenvalue weighted by Gasteiger charge is -2.05. The van der Waals surface area contributed by atoms with E-state index in [0.29, 0.717) is 27.4 Å². The van der Waals surface area contributed by atoms with Crippen LogP contribution in [0, 0.1) is 12.7 Å². The summed E-state index contributed by atoms with van der Waals surface area (Å²) in [6.07, 6.45) is 0. The van der Waals surface area contributed by atoms with Crippen molar-refractivity contribution in [2.45, 2.75) is 6.92 Å². The van der Waals surface area contributed by atoms with Crippen LogP contribution in [0.1, 0.15) is 21.5 Å². The van der Waals surface area contributed by atoms with Crippen molar-refractivity contribution in [3.8, 4) is 0 Å². The lowest BCUT2D eigenvalue weighted by molar-refractivity contribution is 0.103. The van der Waals surface area contributed by atoms with Gasteiger partial charge < -0.3 is 5.73 Å². The average molecular weight is 264 g/mol. The van der Waals surface area contributed by atoms with Crippen LogP contribution < -0.4 is 5.73 Å². The Hall–Kier alpha value is -1.87. The summed E-state index contributed by atoms with van der Waals surface area (Å²) in [5, 5.41) is 0.333. The molecule has 0 aliphatic rings. The number of nitrogens with two attached hydrogens (primary N) is 1. The van der Waals surface area contributed by atoms with Crippen molar-refractivity contribution in [2.24, 2.45) is 0 Å². The molecule has 0 unspecified atom stereocenters. The molecule has 2 nitrogen and oxygen atoms in total. The molecular weight excluding hydrogens is 253 g/mol. The van der Waals surface area contributed by atoms with Crippen LogP contribution in [-0.2, 0) is 0 Å². The fourth-order valence-corrected chi connectivity index (χ4v) is 1.80. The van der Waals surface area contributed by atoms with Crippen molar-refractivity contribution in [3.05, 3.63) is 63.9 Å². The van der Waals surface area contributed by atoms with Crippen molar-refractivity contribution < 1.29 is 9.18 Å². The van der Waals surface area contributed by atoms with Crippen molar-refractivity contribution in [3.63, 3.8) is 0 Å². The number of nitrogen functional groups attached to an aromatic ring is 1. The van der Waals surface area contributed by atoms with E-state index < -0.39 is 0 Å². The zero-order valence-corrected chi connectivity index (χ0v) is 10.5. The average Bonchev–Trinajstić information content (AvgIpc) is 2.35. The number of rotatable bonds is 2. The van der Waals surface area contributed by atoms with Crippen LogP contribution in [0.25, 0.3) is 0 Å². The minimum Gasteiger partial charge on any atom is -0.398 e. The molecule has 92 valence electrons. The molecule has 0 spiro atoms. The van der Waals surface area contributed by atoms with E-state index in [0.717, 1.165) is 0 Å². The number of hydrogen-bond acceptors (Lipinski definition) is 2. The number of carbonyl (C=O) groups excluding carboxylic acids is 1. The third kappa shape index (κ3) is 2.36. The van der Waals surface area contributed by atoms with Crippen molar-refractivity contribution in [1.29, 1.82) is 0 Å². The Morgan fingerprint density at radius 1 is 1.17 bits per heavy atom. The molecule has 0 aliphatic carbocycles. The van der Waals surface area contributed by atoms with Crippen LogP contribution in [0.5, 0.6) is 0 Å². The third-order valence-electron chi connectivity index (χ3n) is 2.68. The molecule has 0 saturated heterocycles. The first-order chi connectivity index (χ1) is 8.49. The maximum atomic E-state index is 13.1. The Labute approximate surface area is 109 Å². The Bertz CT molecular complexity index is 572. The molecule has 2 N–H and O–H groups in total. The van der Waals surface area contributed by atoms with Crippen LogP contribution in [0.2, 0.25) is 5.02 Å². The Morgan fingerprint density at radius 2 is 1.78 bits per heavy atom. The van der Waals surface area contributed by atoms with E-state index in [1.54, 1.807) is 19.1 Å². The highest BCUT2D eigenvalue weighted by Gasteiger charge is 2.11. The number of hydrogen-bond donors (Lipinski definition) is 1. The second kappa shape index (κ2) is 4.78. The number of anilines is 1. The Morgan fingerprint density at radius 3 is 2.39 bits per heavy atom. The van der Waals surface area contributed by atoms with E-state index in [1.807, 2.05) is 0 Å². The maximum absolute atomic E-state index is 13.1. The number of benzene rings is 2. The molecule has 2 aromatic rings. The molecule has 0 radical (unpaired) electrons. The molecule has 0 amide bonds. The molecule has 0 fully saturated rings. The SMILES string of the molecule is Cc1cc(C(=O)c2ccc(N)c(Cl)c2)ccc1F. The molecule has 0 saturated carbocycles. The smallest absolute Gasteiger partial charge is 0.193 e. The first kappa shape index (κ1) is 12.6. The van der Waals surface area contributed by atoms with Gasteiger partial charge in [-0.25, -0.2) is 4.39 Å². The molecule has 2 rings (SSSR count). The van der Waals surface area contributed by atoms with E-state index in [4.69, 9.17) is 17.3 Å². The molecule has 18 heavy (non-hydrogen) atoms. The van der Waals surface area contributed by atoms with Gasteiger partial charge in [-0.05, 0) is 48.9 Å². The summed E-state index contributed by atoms with van der Waals surface area (Å²) >= 11 is 5.86. The summed E-state index contributed by atoms with van der Waals surface area (Å²) < 4.78 is 13.1. The second-order valence-electron chi connectivity index (χ2n) is 4.03.